The van der Waals surface area contributed by atoms with Crippen molar-refractivity contribution in [2.75, 3.05) is 5.32 Å². The molecule has 0 spiro atoms. The zero-order valence-corrected chi connectivity index (χ0v) is 17.5. The van der Waals surface area contributed by atoms with Gasteiger partial charge in [-0.3, -0.25) is 4.79 Å². The fourth-order valence-electron chi connectivity index (χ4n) is 3.43. The van der Waals surface area contributed by atoms with Crippen LogP contribution in [-0.4, -0.2) is 20.7 Å². The monoisotopic (exact) mass is 404 g/mol. The number of fused-ring (bicyclic) bond motifs is 1. The first-order valence-corrected chi connectivity index (χ1v) is 10.7. The van der Waals surface area contributed by atoms with E-state index in [9.17, 15) is 4.79 Å². The van der Waals surface area contributed by atoms with Crippen molar-refractivity contribution >= 4 is 33.1 Å². The molecule has 2 aromatic heterocycles. The van der Waals surface area contributed by atoms with Crippen LogP contribution in [0.3, 0.4) is 0 Å². The summed E-state index contributed by atoms with van der Waals surface area (Å²) in [6, 6.07) is 18.2. The maximum Gasteiger partial charge on any atom is 0.224 e. The molecular formula is C23H24N4OS. The number of benzene rings is 2. The number of anilines is 1. The van der Waals surface area contributed by atoms with E-state index in [-0.39, 0.29) is 5.91 Å². The lowest BCUT2D eigenvalue weighted by Crippen LogP contribution is -2.12. The van der Waals surface area contributed by atoms with Gasteiger partial charge in [0.2, 0.25) is 5.91 Å². The summed E-state index contributed by atoms with van der Waals surface area (Å²) in [5, 5.41) is 8.78. The summed E-state index contributed by atoms with van der Waals surface area (Å²) in [5.74, 6) is 0.0353. The Balaban J connectivity index is 1.31. The first-order chi connectivity index (χ1) is 14.1. The third kappa shape index (κ3) is 4.38. The van der Waals surface area contributed by atoms with E-state index in [1.54, 1.807) is 11.3 Å². The second kappa shape index (κ2) is 8.57. The highest BCUT2D eigenvalue weighted by molar-refractivity contribution is 7.18. The number of unbranched alkanes of at least 4 members (excludes halogenated alkanes) is 1. The Morgan fingerprint density at radius 2 is 1.79 bits per heavy atom. The Hall–Kier alpha value is -2.99. The van der Waals surface area contributed by atoms with Gasteiger partial charge in [-0.2, -0.15) is 5.10 Å². The summed E-state index contributed by atoms with van der Waals surface area (Å²) in [7, 11) is 0. The number of hydrogen-bond donors (Lipinski definition) is 1. The predicted octanol–water partition coefficient (Wildman–Crippen LogP) is 5.45. The summed E-state index contributed by atoms with van der Waals surface area (Å²) in [5.41, 5.74) is 4.63. The van der Waals surface area contributed by atoms with E-state index < -0.39 is 0 Å². The molecule has 0 unspecified atom stereocenters. The molecule has 6 heteroatoms. The minimum atomic E-state index is 0.0353. The van der Waals surface area contributed by atoms with Crippen molar-refractivity contribution in [3.63, 3.8) is 0 Å². The van der Waals surface area contributed by atoms with Crippen LogP contribution in [-0.2, 0) is 11.2 Å². The minimum Gasteiger partial charge on any atom is -0.323 e. The number of carbonyl (C=O) groups is 1. The molecule has 0 aliphatic rings. The summed E-state index contributed by atoms with van der Waals surface area (Å²) in [4.78, 5) is 17.1. The van der Waals surface area contributed by atoms with Crippen molar-refractivity contribution in [1.82, 2.24) is 14.8 Å². The molecule has 0 fully saturated rings. The van der Waals surface area contributed by atoms with Crippen LogP contribution >= 0.6 is 11.3 Å². The average Bonchev–Trinajstić information content (AvgIpc) is 3.27. The number of hydrogen-bond acceptors (Lipinski definition) is 4. The number of aromatic nitrogens is 3. The van der Waals surface area contributed by atoms with E-state index in [2.05, 4.69) is 21.5 Å². The van der Waals surface area contributed by atoms with Gasteiger partial charge in [-0.05, 0) is 57.4 Å². The molecule has 1 N–H and O–H groups in total. The zero-order chi connectivity index (χ0) is 20.2. The van der Waals surface area contributed by atoms with E-state index in [1.165, 1.54) is 4.70 Å². The summed E-state index contributed by atoms with van der Waals surface area (Å²) in [6.07, 6.45) is 3.21. The molecule has 148 valence electrons. The van der Waals surface area contributed by atoms with Crippen molar-refractivity contribution in [3.05, 3.63) is 71.0 Å². The Bertz CT molecular complexity index is 1100. The number of nitrogens with one attached hydrogen (secondary N) is 1. The van der Waals surface area contributed by atoms with Crippen molar-refractivity contribution in [1.29, 1.82) is 0 Å². The van der Waals surface area contributed by atoms with Crippen LogP contribution in [0.4, 0.5) is 5.69 Å². The molecule has 0 aliphatic carbocycles. The average molecular weight is 405 g/mol. The SMILES string of the molecule is Cc1nn(-c2ccccc2)c(C)c1NC(=O)CCCCc1nc2ccccc2s1. The lowest BCUT2D eigenvalue weighted by molar-refractivity contribution is -0.116. The van der Waals surface area contributed by atoms with Crippen LogP contribution in [0.15, 0.2) is 54.6 Å². The van der Waals surface area contributed by atoms with Crippen LogP contribution in [0.2, 0.25) is 0 Å². The van der Waals surface area contributed by atoms with Gasteiger partial charge < -0.3 is 5.32 Å². The Labute approximate surface area is 174 Å². The predicted molar refractivity (Wildman–Crippen MR) is 119 cm³/mol. The van der Waals surface area contributed by atoms with E-state index in [1.807, 2.05) is 67.1 Å². The molecule has 2 heterocycles. The van der Waals surface area contributed by atoms with Gasteiger partial charge in [0, 0.05) is 6.42 Å². The van der Waals surface area contributed by atoms with Crippen molar-refractivity contribution in [2.45, 2.75) is 39.5 Å². The first kappa shape index (κ1) is 19.3. The van der Waals surface area contributed by atoms with Crippen LogP contribution in [0, 0.1) is 13.8 Å². The number of amides is 1. The Morgan fingerprint density at radius 3 is 2.59 bits per heavy atom. The molecule has 0 saturated carbocycles. The molecule has 4 aromatic rings. The first-order valence-electron chi connectivity index (χ1n) is 9.88. The number of thiazole rings is 1. The number of carbonyl (C=O) groups excluding carboxylic acids is 1. The molecule has 2 aromatic carbocycles. The third-order valence-corrected chi connectivity index (χ3v) is 6.04. The Morgan fingerprint density at radius 1 is 1.03 bits per heavy atom. The van der Waals surface area contributed by atoms with Gasteiger partial charge in [0.25, 0.3) is 0 Å². The fourth-order valence-corrected chi connectivity index (χ4v) is 4.44. The highest BCUT2D eigenvalue weighted by Crippen LogP contribution is 2.24. The second-order valence-corrected chi connectivity index (χ2v) is 8.24. The molecule has 0 atom stereocenters. The molecule has 0 bridgehead atoms. The number of rotatable bonds is 7. The maximum absolute atomic E-state index is 12.5. The van der Waals surface area contributed by atoms with Gasteiger partial charge in [0.15, 0.2) is 0 Å². The van der Waals surface area contributed by atoms with Crippen LogP contribution < -0.4 is 5.32 Å². The van der Waals surface area contributed by atoms with E-state index in [0.29, 0.717) is 6.42 Å². The molecule has 0 saturated heterocycles. The lowest BCUT2D eigenvalue weighted by Gasteiger charge is -2.07. The van der Waals surface area contributed by atoms with Gasteiger partial charge in [0.05, 0.1) is 38.0 Å². The van der Waals surface area contributed by atoms with Crippen LogP contribution in [0.5, 0.6) is 0 Å². The van der Waals surface area contributed by atoms with Crippen molar-refractivity contribution < 1.29 is 4.79 Å². The largest absolute Gasteiger partial charge is 0.323 e. The summed E-state index contributed by atoms with van der Waals surface area (Å²) < 4.78 is 3.10. The van der Waals surface area contributed by atoms with Gasteiger partial charge in [0.1, 0.15) is 0 Å². The quantitative estimate of drug-likeness (QED) is 0.417. The van der Waals surface area contributed by atoms with Gasteiger partial charge in [-0.25, -0.2) is 9.67 Å². The molecule has 4 rings (SSSR count). The number of aryl methyl sites for hydroxylation is 2. The van der Waals surface area contributed by atoms with Crippen molar-refractivity contribution in [2.24, 2.45) is 0 Å². The molecule has 1 amide bonds. The number of nitrogens with zero attached hydrogens (tertiary/aromatic N) is 3. The van der Waals surface area contributed by atoms with Gasteiger partial charge in [-0.1, -0.05) is 30.3 Å². The molecule has 0 aliphatic heterocycles. The lowest BCUT2D eigenvalue weighted by atomic mass is 10.2. The third-order valence-electron chi connectivity index (χ3n) is 4.94. The number of para-hydroxylation sites is 2. The van der Waals surface area contributed by atoms with Gasteiger partial charge in [-0.15, -0.1) is 11.3 Å². The summed E-state index contributed by atoms with van der Waals surface area (Å²) >= 11 is 1.74. The summed E-state index contributed by atoms with van der Waals surface area (Å²) in [6.45, 7) is 3.91. The highest BCUT2D eigenvalue weighted by Gasteiger charge is 2.15. The zero-order valence-electron chi connectivity index (χ0n) is 16.7. The van der Waals surface area contributed by atoms with Gasteiger partial charge >= 0.3 is 0 Å². The van der Waals surface area contributed by atoms with Crippen LogP contribution in [0.1, 0.15) is 35.7 Å². The smallest absolute Gasteiger partial charge is 0.224 e. The maximum atomic E-state index is 12.5. The topological polar surface area (TPSA) is 59.8 Å². The van der Waals surface area contributed by atoms with E-state index >= 15 is 0 Å². The van der Waals surface area contributed by atoms with Crippen molar-refractivity contribution in [3.8, 4) is 5.69 Å². The molecular weight excluding hydrogens is 380 g/mol. The second-order valence-electron chi connectivity index (χ2n) is 7.12. The van der Waals surface area contributed by atoms with E-state index in [0.717, 1.165) is 52.5 Å². The molecule has 5 nitrogen and oxygen atoms in total. The molecule has 29 heavy (non-hydrogen) atoms. The Kier molecular flexibility index (Phi) is 5.71. The van der Waals surface area contributed by atoms with E-state index in [4.69, 9.17) is 0 Å². The standard InChI is InChI=1S/C23H24N4OS/c1-16-23(17(2)27(26-16)18-10-4-3-5-11-18)25-21(28)14-8-9-15-22-24-19-12-6-7-13-20(19)29-22/h3-7,10-13H,8-9,14-15H2,1-2H3,(H,25,28). The molecule has 0 radical (unpaired) electrons. The normalized spacial score (nSPS) is 11.1. The fraction of sp³-hybridized carbons (Fsp3) is 0.261. The highest BCUT2D eigenvalue weighted by atomic mass is 32.1. The minimum absolute atomic E-state index is 0.0353. The van der Waals surface area contributed by atoms with Crippen LogP contribution in [0.25, 0.3) is 15.9 Å².